The SMILES string of the molecule is CCCOc1ccc(-c2csc(NC(=O)CCS(=O)(=O)Cc3ccccc3)n2)cc1. The van der Waals surface area contributed by atoms with Gasteiger partial charge in [0.25, 0.3) is 0 Å². The largest absolute Gasteiger partial charge is 0.494 e. The third-order valence-corrected chi connectivity index (χ3v) is 6.60. The van der Waals surface area contributed by atoms with Crippen LogP contribution >= 0.6 is 11.3 Å². The number of nitrogens with zero attached hydrogens (tertiary/aromatic N) is 1. The monoisotopic (exact) mass is 444 g/mol. The number of anilines is 1. The predicted octanol–water partition coefficient (Wildman–Crippen LogP) is 4.54. The van der Waals surface area contributed by atoms with E-state index in [-0.39, 0.29) is 23.8 Å². The molecule has 0 bridgehead atoms. The molecule has 1 aromatic heterocycles. The number of aromatic nitrogens is 1. The molecule has 1 amide bonds. The minimum absolute atomic E-state index is 0.0690. The van der Waals surface area contributed by atoms with E-state index in [1.165, 1.54) is 11.3 Å². The van der Waals surface area contributed by atoms with Crippen LogP contribution in [0.4, 0.5) is 5.13 Å². The van der Waals surface area contributed by atoms with Gasteiger partial charge in [-0.05, 0) is 36.2 Å². The summed E-state index contributed by atoms with van der Waals surface area (Å²) in [4.78, 5) is 16.6. The Labute approximate surface area is 180 Å². The van der Waals surface area contributed by atoms with Gasteiger partial charge in [-0.15, -0.1) is 11.3 Å². The summed E-state index contributed by atoms with van der Waals surface area (Å²) in [6.45, 7) is 2.73. The number of hydrogen-bond acceptors (Lipinski definition) is 6. The number of rotatable bonds is 10. The van der Waals surface area contributed by atoms with Crippen molar-refractivity contribution in [3.8, 4) is 17.0 Å². The molecule has 0 unspecified atom stereocenters. The van der Waals surface area contributed by atoms with E-state index in [1.807, 2.05) is 35.7 Å². The fraction of sp³-hybridized carbons (Fsp3) is 0.273. The summed E-state index contributed by atoms with van der Waals surface area (Å²) in [5.74, 6) is 0.169. The van der Waals surface area contributed by atoms with Crippen LogP contribution in [0.2, 0.25) is 0 Å². The van der Waals surface area contributed by atoms with Crippen molar-refractivity contribution in [3.05, 3.63) is 65.5 Å². The lowest BCUT2D eigenvalue weighted by Gasteiger charge is -2.05. The maximum atomic E-state index is 12.2. The maximum absolute atomic E-state index is 12.2. The number of nitrogens with one attached hydrogen (secondary N) is 1. The van der Waals surface area contributed by atoms with Gasteiger partial charge in [0.2, 0.25) is 5.91 Å². The van der Waals surface area contributed by atoms with Gasteiger partial charge in [-0.1, -0.05) is 37.3 Å². The average Bonchev–Trinajstić information content (AvgIpc) is 3.20. The van der Waals surface area contributed by atoms with Crippen LogP contribution in [0, 0.1) is 0 Å². The number of carbonyl (C=O) groups excluding carboxylic acids is 1. The van der Waals surface area contributed by atoms with Crippen molar-refractivity contribution >= 4 is 32.2 Å². The molecule has 2 aromatic carbocycles. The van der Waals surface area contributed by atoms with E-state index < -0.39 is 9.84 Å². The van der Waals surface area contributed by atoms with Gasteiger partial charge >= 0.3 is 0 Å². The van der Waals surface area contributed by atoms with Gasteiger partial charge in [0.15, 0.2) is 15.0 Å². The van der Waals surface area contributed by atoms with E-state index in [2.05, 4.69) is 17.2 Å². The lowest BCUT2D eigenvalue weighted by Crippen LogP contribution is -2.18. The van der Waals surface area contributed by atoms with Crippen LogP contribution in [0.25, 0.3) is 11.3 Å². The highest BCUT2D eigenvalue weighted by Crippen LogP contribution is 2.26. The predicted molar refractivity (Wildman–Crippen MR) is 121 cm³/mol. The molecule has 3 rings (SSSR count). The van der Waals surface area contributed by atoms with E-state index in [4.69, 9.17) is 4.74 Å². The first-order valence-corrected chi connectivity index (χ1v) is 12.4. The molecule has 158 valence electrons. The quantitative estimate of drug-likeness (QED) is 0.496. The molecular formula is C22H24N2O4S2. The molecule has 30 heavy (non-hydrogen) atoms. The number of ether oxygens (including phenoxy) is 1. The van der Waals surface area contributed by atoms with Gasteiger partial charge in [0, 0.05) is 17.4 Å². The maximum Gasteiger partial charge on any atom is 0.227 e. The summed E-state index contributed by atoms with van der Waals surface area (Å²) in [6.07, 6.45) is 0.845. The van der Waals surface area contributed by atoms with Crippen LogP contribution in [0.5, 0.6) is 5.75 Å². The number of carbonyl (C=O) groups is 1. The topological polar surface area (TPSA) is 85.4 Å². The molecule has 0 aliphatic rings. The van der Waals surface area contributed by atoms with Crippen molar-refractivity contribution < 1.29 is 17.9 Å². The Hall–Kier alpha value is -2.71. The van der Waals surface area contributed by atoms with Gasteiger partial charge in [-0.2, -0.15) is 0 Å². The molecule has 0 radical (unpaired) electrons. The van der Waals surface area contributed by atoms with E-state index in [9.17, 15) is 13.2 Å². The zero-order valence-corrected chi connectivity index (χ0v) is 18.3. The Morgan fingerprint density at radius 2 is 1.83 bits per heavy atom. The van der Waals surface area contributed by atoms with Crippen LogP contribution in [-0.2, 0) is 20.4 Å². The van der Waals surface area contributed by atoms with Gasteiger partial charge in [0.1, 0.15) is 5.75 Å². The number of hydrogen-bond donors (Lipinski definition) is 1. The highest BCUT2D eigenvalue weighted by molar-refractivity contribution is 7.90. The van der Waals surface area contributed by atoms with Gasteiger partial charge < -0.3 is 10.1 Å². The third kappa shape index (κ3) is 6.67. The third-order valence-electron chi connectivity index (χ3n) is 4.24. The molecule has 0 saturated heterocycles. The fourth-order valence-corrected chi connectivity index (χ4v) is 4.81. The minimum atomic E-state index is -3.36. The van der Waals surface area contributed by atoms with Crippen molar-refractivity contribution in [2.75, 3.05) is 17.7 Å². The van der Waals surface area contributed by atoms with Gasteiger partial charge in [0.05, 0.1) is 23.8 Å². The summed E-state index contributed by atoms with van der Waals surface area (Å²) >= 11 is 1.30. The average molecular weight is 445 g/mol. The Balaban J connectivity index is 1.52. The van der Waals surface area contributed by atoms with Crippen LogP contribution in [0.3, 0.4) is 0 Å². The van der Waals surface area contributed by atoms with E-state index in [1.54, 1.807) is 24.3 Å². The minimum Gasteiger partial charge on any atom is -0.494 e. The lowest BCUT2D eigenvalue weighted by molar-refractivity contribution is -0.115. The first-order valence-electron chi connectivity index (χ1n) is 9.68. The van der Waals surface area contributed by atoms with Crippen LogP contribution in [0.1, 0.15) is 25.3 Å². The molecule has 1 heterocycles. The molecule has 0 spiro atoms. The molecule has 0 aliphatic heterocycles. The van der Waals surface area contributed by atoms with E-state index >= 15 is 0 Å². The zero-order chi connectivity index (χ0) is 21.4. The Morgan fingerprint density at radius 1 is 1.10 bits per heavy atom. The molecular weight excluding hydrogens is 420 g/mol. The molecule has 0 saturated carbocycles. The van der Waals surface area contributed by atoms with Crippen molar-refractivity contribution in [3.63, 3.8) is 0 Å². The van der Waals surface area contributed by atoms with Crippen molar-refractivity contribution in [2.45, 2.75) is 25.5 Å². The highest BCUT2D eigenvalue weighted by Gasteiger charge is 2.15. The second kappa shape index (κ2) is 10.4. The van der Waals surface area contributed by atoms with E-state index in [0.29, 0.717) is 17.3 Å². The summed E-state index contributed by atoms with van der Waals surface area (Å²) < 4.78 is 30.0. The van der Waals surface area contributed by atoms with Crippen molar-refractivity contribution in [2.24, 2.45) is 0 Å². The summed E-state index contributed by atoms with van der Waals surface area (Å²) in [5, 5.41) is 4.98. The number of sulfone groups is 1. The Bertz CT molecular complexity index is 1060. The molecule has 1 N–H and O–H groups in total. The van der Waals surface area contributed by atoms with Crippen molar-refractivity contribution in [1.82, 2.24) is 4.98 Å². The molecule has 0 atom stereocenters. The second-order valence-electron chi connectivity index (χ2n) is 6.79. The summed E-state index contributed by atoms with van der Waals surface area (Å²) in [6, 6.07) is 16.6. The van der Waals surface area contributed by atoms with Gasteiger partial charge in [-0.3, -0.25) is 4.79 Å². The fourth-order valence-electron chi connectivity index (χ4n) is 2.74. The summed E-state index contributed by atoms with van der Waals surface area (Å²) in [7, 11) is -3.36. The normalized spacial score (nSPS) is 11.2. The van der Waals surface area contributed by atoms with Crippen LogP contribution < -0.4 is 10.1 Å². The highest BCUT2D eigenvalue weighted by atomic mass is 32.2. The number of benzene rings is 2. The molecule has 8 heteroatoms. The molecule has 6 nitrogen and oxygen atoms in total. The van der Waals surface area contributed by atoms with Gasteiger partial charge in [-0.25, -0.2) is 13.4 Å². The smallest absolute Gasteiger partial charge is 0.227 e. The lowest BCUT2D eigenvalue weighted by atomic mass is 10.2. The Kier molecular flexibility index (Phi) is 7.59. The molecule has 3 aromatic rings. The summed E-state index contributed by atoms with van der Waals surface area (Å²) in [5.41, 5.74) is 2.38. The first-order chi connectivity index (χ1) is 14.4. The first kappa shape index (κ1) is 22.0. The van der Waals surface area contributed by atoms with Crippen LogP contribution in [0.15, 0.2) is 60.0 Å². The van der Waals surface area contributed by atoms with Crippen LogP contribution in [-0.4, -0.2) is 31.7 Å². The number of thiazole rings is 1. The Morgan fingerprint density at radius 3 is 2.53 bits per heavy atom. The standard InChI is InChI=1S/C22H24N2O4S2/c1-2-13-28-19-10-8-18(9-11-19)20-15-29-22(23-20)24-21(25)12-14-30(26,27)16-17-6-4-3-5-7-17/h3-11,15H,2,12-14,16H2,1H3,(H,23,24,25). The molecule has 0 aliphatic carbocycles. The van der Waals surface area contributed by atoms with E-state index in [0.717, 1.165) is 23.4 Å². The molecule has 0 fully saturated rings. The zero-order valence-electron chi connectivity index (χ0n) is 16.7. The second-order valence-corrected chi connectivity index (χ2v) is 9.83. The number of amides is 1. The van der Waals surface area contributed by atoms with Crippen molar-refractivity contribution in [1.29, 1.82) is 0 Å².